The zero-order valence-electron chi connectivity index (χ0n) is 9.74. The van der Waals surface area contributed by atoms with Crippen LogP contribution >= 0.6 is 11.6 Å². The van der Waals surface area contributed by atoms with Crippen molar-refractivity contribution in [3.63, 3.8) is 0 Å². The fourth-order valence-electron chi connectivity index (χ4n) is 1.73. The van der Waals surface area contributed by atoms with Crippen LogP contribution < -0.4 is 0 Å². The van der Waals surface area contributed by atoms with E-state index in [4.69, 9.17) is 11.6 Å². The van der Waals surface area contributed by atoms with Crippen molar-refractivity contribution in [1.29, 1.82) is 0 Å². The van der Waals surface area contributed by atoms with E-state index in [0.717, 1.165) is 28.6 Å². The maximum atomic E-state index is 6.24. The topological polar surface area (TPSA) is 35.6 Å². The Morgan fingerprint density at radius 1 is 1.31 bits per heavy atom. The van der Waals surface area contributed by atoms with Gasteiger partial charge in [-0.25, -0.2) is 0 Å². The predicted molar refractivity (Wildman–Crippen MR) is 63.7 cm³/mol. The smallest absolute Gasteiger partial charge is 0.0866 e. The van der Waals surface area contributed by atoms with E-state index in [1.165, 1.54) is 0 Å². The molecule has 5 heteroatoms. The van der Waals surface area contributed by atoms with Crippen molar-refractivity contribution in [1.82, 2.24) is 19.6 Å². The fourth-order valence-corrected chi connectivity index (χ4v) is 1.92. The van der Waals surface area contributed by atoms with Gasteiger partial charge in [-0.2, -0.15) is 10.2 Å². The number of halogens is 1. The van der Waals surface area contributed by atoms with E-state index in [0.29, 0.717) is 6.54 Å². The van der Waals surface area contributed by atoms with Crippen molar-refractivity contribution in [3.05, 3.63) is 34.4 Å². The maximum Gasteiger partial charge on any atom is 0.0866 e. The lowest BCUT2D eigenvalue weighted by atomic mass is 10.3. The van der Waals surface area contributed by atoms with Crippen molar-refractivity contribution in [2.24, 2.45) is 0 Å². The molecule has 16 heavy (non-hydrogen) atoms. The van der Waals surface area contributed by atoms with Crippen LogP contribution in [0.4, 0.5) is 0 Å². The second-order valence-corrected chi connectivity index (χ2v) is 4.17. The highest BCUT2D eigenvalue weighted by molar-refractivity contribution is 6.31. The minimum absolute atomic E-state index is 0.673. The first kappa shape index (κ1) is 11.2. The quantitative estimate of drug-likeness (QED) is 0.823. The Morgan fingerprint density at radius 3 is 2.62 bits per heavy atom. The van der Waals surface area contributed by atoms with Gasteiger partial charge in [0.05, 0.1) is 23.0 Å². The van der Waals surface area contributed by atoms with Crippen LogP contribution in [-0.4, -0.2) is 19.6 Å². The molecule has 0 aliphatic carbocycles. The third kappa shape index (κ3) is 1.85. The summed E-state index contributed by atoms with van der Waals surface area (Å²) < 4.78 is 3.85. The van der Waals surface area contributed by atoms with Crippen molar-refractivity contribution in [2.75, 3.05) is 0 Å². The van der Waals surface area contributed by atoms with Crippen LogP contribution in [0.15, 0.2) is 12.3 Å². The van der Waals surface area contributed by atoms with Gasteiger partial charge in [0.1, 0.15) is 0 Å². The minimum atomic E-state index is 0.673. The fraction of sp³-hybridized carbons (Fsp3) is 0.455. The molecule has 0 bridgehead atoms. The Balaban J connectivity index is 2.37. The SMILES string of the molecule is CCn1nc(C)c(Cl)c1Cn1nccc1C. The molecule has 0 saturated carbocycles. The zero-order valence-corrected chi connectivity index (χ0v) is 10.5. The molecule has 0 aliphatic rings. The molecule has 0 unspecified atom stereocenters. The van der Waals surface area contributed by atoms with Gasteiger partial charge in [-0.05, 0) is 26.8 Å². The molecule has 0 spiro atoms. The maximum absolute atomic E-state index is 6.24. The van der Waals surface area contributed by atoms with Crippen LogP contribution in [0.3, 0.4) is 0 Å². The number of aromatic nitrogens is 4. The lowest BCUT2D eigenvalue weighted by Crippen LogP contribution is -2.10. The van der Waals surface area contributed by atoms with Crippen molar-refractivity contribution in [3.8, 4) is 0 Å². The van der Waals surface area contributed by atoms with E-state index >= 15 is 0 Å². The van der Waals surface area contributed by atoms with Gasteiger partial charge in [-0.1, -0.05) is 11.6 Å². The van der Waals surface area contributed by atoms with Gasteiger partial charge in [-0.3, -0.25) is 9.36 Å². The van der Waals surface area contributed by atoms with Crippen LogP contribution in [0, 0.1) is 13.8 Å². The molecule has 2 aromatic rings. The molecule has 0 saturated heterocycles. The Labute approximate surface area is 99.8 Å². The predicted octanol–water partition coefficient (Wildman–Crippen LogP) is 2.42. The van der Waals surface area contributed by atoms with Gasteiger partial charge < -0.3 is 0 Å². The molecular formula is C11H15ClN4. The lowest BCUT2D eigenvalue weighted by Gasteiger charge is -2.07. The van der Waals surface area contributed by atoms with E-state index in [1.807, 2.05) is 29.3 Å². The third-order valence-electron chi connectivity index (χ3n) is 2.68. The molecule has 0 atom stereocenters. The van der Waals surface area contributed by atoms with Gasteiger partial charge in [-0.15, -0.1) is 0 Å². The molecule has 86 valence electrons. The van der Waals surface area contributed by atoms with Crippen LogP contribution in [0.5, 0.6) is 0 Å². The average molecular weight is 239 g/mol. The summed E-state index contributed by atoms with van der Waals surface area (Å²) in [5.41, 5.74) is 3.02. The van der Waals surface area contributed by atoms with Gasteiger partial charge in [0.2, 0.25) is 0 Å². The number of nitrogens with zero attached hydrogens (tertiary/aromatic N) is 4. The largest absolute Gasteiger partial charge is 0.266 e. The van der Waals surface area contributed by atoms with Crippen molar-refractivity contribution >= 4 is 11.6 Å². The molecule has 2 aromatic heterocycles. The molecule has 0 fully saturated rings. The second kappa shape index (κ2) is 4.29. The van der Waals surface area contributed by atoms with E-state index < -0.39 is 0 Å². The molecule has 0 aliphatic heterocycles. The number of rotatable bonds is 3. The molecule has 0 amide bonds. The highest BCUT2D eigenvalue weighted by atomic mass is 35.5. The summed E-state index contributed by atoms with van der Waals surface area (Å²) in [4.78, 5) is 0. The first-order chi connectivity index (χ1) is 7.63. The van der Waals surface area contributed by atoms with E-state index in [1.54, 1.807) is 6.20 Å². The molecule has 0 N–H and O–H groups in total. The van der Waals surface area contributed by atoms with Crippen LogP contribution in [0.1, 0.15) is 24.0 Å². The third-order valence-corrected chi connectivity index (χ3v) is 3.17. The van der Waals surface area contributed by atoms with E-state index in [-0.39, 0.29) is 0 Å². The van der Waals surface area contributed by atoms with Crippen molar-refractivity contribution in [2.45, 2.75) is 33.9 Å². The monoisotopic (exact) mass is 238 g/mol. The number of hydrogen-bond acceptors (Lipinski definition) is 2. The molecule has 0 aromatic carbocycles. The Morgan fingerprint density at radius 2 is 2.06 bits per heavy atom. The van der Waals surface area contributed by atoms with Crippen molar-refractivity contribution < 1.29 is 0 Å². The van der Waals surface area contributed by atoms with E-state index in [9.17, 15) is 0 Å². The summed E-state index contributed by atoms with van der Waals surface area (Å²) in [7, 11) is 0. The molecule has 2 rings (SSSR count). The van der Waals surface area contributed by atoms with Crippen LogP contribution in [-0.2, 0) is 13.1 Å². The zero-order chi connectivity index (χ0) is 11.7. The highest BCUT2D eigenvalue weighted by Gasteiger charge is 2.13. The summed E-state index contributed by atoms with van der Waals surface area (Å²) in [6, 6.07) is 1.98. The summed E-state index contributed by atoms with van der Waals surface area (Å²) in [6.07, 6.45) is 1.79. The van der Waals surface area contributed by atoms with Crippen LogP contribution in [0.25, 0.3) is 0 Å². The van der Waals surface area contributed by atoms with E-state index in [2.05, 4.69) is 17.1 Å². The first-order valence-electron chi connectivity index (χ1n) is 5.33. The summed E-state index contributed by atoms with van der Waals surface area (Å²) in [5.74, 6) is 0. The van der Waals surface area contributed by atoms with Gasteiger partial charge in [0.25, 0.3) is 0 Å². The van der Waals surface area contributed by atoms with Gasteiger partial charge in [0.15, 0.2) is 0 Å². The lowest BCUT2D eigenvalue weighted by molar-refractivity contribution is 0.568. The van der Waals surface area contributed by atoms with Crippen LogP contribution in [0.2, 0.25) is 5.02 Å². The molecule has 2 heterocycles. The minimum Gasteiger partial charge on any atom is -0.266 e. The highest BCUT2D eigenvalue weighted by Crippen LogP contribution is 2.21. The summed E-state index contributed by atoms with van der Waals surface area (Å²) >= 11 is 6.24. The summed E-state index contributed by atoms with van der Waals surface area (Å²) in [5, 5.41) is 9.38. The van der Waals surface area contributed by atoms with Gasteiger partial charge in [0, 0.05) is 18.4 Å². The Hall–Kier alpha value is -1.29. The molecule has 4 nitrogen and oxygen atoms in total. The first-order valence-corrected chi connectivity index (χ1v) is 5.71. The number of aryl methyl sites for hydroxylation is 3. The Kier molecular flexibility index (Phi) is 3.01. The average Bonchev–Trinajstić information content (AvgIpc) is 2.78. The molecular weight excluding hydrogens is 224 g/mol. The number of hydrogen-bond donors (Lipinski definition) is 0. The normalized spacial score (nSPS) is 11.0. The summed E-state index contributed by atoms with van der Waals surface area (Å²) in [6.45, 7) is 7.51. The second-order valence-electron chi connectivity index (χ2n) is 3.79. The Bertz CT molecular complexity index is 498. The van der Waals surface area contributed by atoms with Gasteiger partial charge >= 0.3 is 0 Å². The molecule has 0 radical (unpaired) electrons. The standard InChI is InChI=1S/C11H15ClN4/c1-4-15-10(11(12)9(3)14-15)7-16-8(2)5-6-13-16/h5-6H,4,7H2,1-3H3.